The third-order valence-corrected chi connectivity index (χ3v) is 8.35. The topological polar surface area (TPSA) is 49.7 Å². The van der Waals surface area contributed by atoms with E-state index in [2.05, 4.69) is 20.8 Å². The summed E-state index contributed by atoms with van der Waals surface area (Å²) in [4.78, 5) is 17.7. The van der Waals surface area contributed by atoms with Gasteiger partial charge in [0.2, 0.25) is 5.84 Å². The summed E-state index contributed by atoms with van der Waals surface area (Å²) in [6.07, 6.45) is 33.5. The number of amidine groups is 1. The lowest BCUT2D eigenvalue weighted by Crippen LogP contribution is -2.51. The Morgan fingerprint density at radius 2 is 0.947 bits per heavy atom. The van der Waals surface area contributed by atoms with Crippen molar-refractivity contribution in [3.05, 3.63) is 11.9 Å². The number of quaternary nitrogens is 1. The molecule has 1 N–H and O–H groups in total. The summed E-state index contributed by atoms with van der Waals surface area (Å²) in [5.74, 6) is 0.904. The monoisotopic (exact) mass is 534 g/mol. The number of aliphatic imine (C=N–C) groups is 1. The molecular formula is C34H65N2O2+. The minimum Gasteiger partial charge on any atom is -0.435 e. The fourth-order valence-corrected chi connectivity index (χ4v) is 5.80. The van der Waals surface area contributed by atoms with E-state index in [0.717, 1.165) is 50.1 Å². The average Bonchev–Trinajstić information content (AvgIpc) is 3.27. The predicted octanol–water partition coefficient (Wildman–Crippen LogP) is 11.9. The summed E-state index contributed by atoms with van der Waals surface area (Å²) in [6, 6.07) is 0. The Hall–Kier alpha value is -1.16. The minimum atomic E-state index is -0.725. The van der Waals surface area contributed by atoms with Gasteiger partial charge >= 0.3 is 6.09 Å². The molecule has 1 amide bonds. The Morgan fingerprint density at radius 3 is 1.37 bits per heavy atom. The molecule has 0 fully saturated rings. The van der Waals surface area contributed by atoms with Gasteiger partial charge in [0.05, 0.1) is 6.54 Å². The van der Waals surface area contributed by atoms with Gasteiger partial charge in [-0.05, 0) is 32.1 Å². The molecule has 1 unspecified atom stereocenters. The smallest absolute Gasteiger partial charge is 0.435 e. The van der Waals surface area contributed by atoms with Gasteiger partial charge in [-0.1, -0.05) is 149 Å². The van der Waals surface area contributed by atoms with Crippen LogP contribution < -0.4 is 0 Å². The molecule has 0 aromatic carbocycles. The van der Waals surface area contributed by atoms with Crippen LogP contribution in [0.1, 0.15) is 188 Å². The first-order valence-corrected chi connectivity index (χ1v) is 17.0. The largest absolute Gasteiger partial charge is 0.524 e. The van der Waals surface area contributed by atoms with Gasteiger partial charge in [0.1, 0.15) is 11.9 Å². The molecule has 4 heteroatoms. The molecule has 1 rings (SSSR count). The van der Waals surface area contributed by atoms with Gasteiger partial charge in [-0.25, -0.2) is 0 Å². The molecular weight excluding hydrogens is 468 g/mol. The Labute approximate surface area is 237 Å². The number of hydrogen-bond acceptors (Lipinski definition) is 2. The maximum Gasteiger partial charge on any atom is 0.524 e. The van der Waals surface area contributed by atoms with Gasteiger partial charge < -0.3 is 5.11 Å². The van der Waals surface area contributed by atoms with Crippen LogP contribution in [0.2, 0.25) is 0 Å². The van der Waals surface area contributed by atoms with Gasteiger partial charge in [0, 0.05) is 6.42 Å². The molecule has 0 saturated carbocycles. The number of hydrogen-bond donors (Lipinski definition) is 1. The van der Waals surface area contributed by atoms with Crippen molar-refractivity contribution in [2.75, 3.05) is 6.54 Å². The van der Waals surface area contributed by atoms with Crippen molar-refractivity contribution in [3.63, 3.8) is 0 Å². The van der Waals surface area contributed by atoms with E-state index in [1.807, 2.05) is 6.20 Å². The Morgan fingerprint density at radius 1 is 0.579 bits per heavy atom. The maximum absolute atomic E-state index is 12.7. The molecule has 1 aliphatic heterocycles. The van der Waals surface area contributed by atoms with Gasteiger partial charge in [-0.3, -0.25) is 0 Å². The highest BCUT2D eigenvalue weighted by atomic mass is 16.4. The number of rotatable bonds is 27. The summed E-state index contributed by atoms with van der Waals surface area (Å²) < 4.78 is -0.0152. The highest BCUT2D eigenvalue weighted by Gasteiger charge is 2.44. The molecule has 0 spiro atoms. The van der Waals surface area contributed by atoms with Crippen LogP contribution in [0.15, 0.2) is 16.9 Å². The number of carbonyl (C=O) groups is 1. The van der Waals surface area contributed by atoms with Crippen LogP contribution in [-0.4, -0.2) is 28.1 Å². The lowest BCUT2D eigenvalue weighted by molar-refractivity contribution is -0.710. The van der Waals surface area contributed by atoms with Crippen LogP contribution >= 0.6 is 0 Å². The van der Waals surface area contributed by atoms with Crippen molar-refractivity contribution in [2.45, 2.75) is 188 Å². The fraction of sp³-hybridized carbons (Fsp3) is 0.882. The average molecular weight is 534 g/mol. The molecule has 1 aliphatic rings. The van der Waals surface area contributed by atoms with E-state index in [-0.39, 0.29) is 4.48 Å². The minimum absolute atomic E-state index is 0.0152. The Kier molecular flexibility index (Phi) is 21.7. The second-order valence-corrected chi connectivity index (χ2v) is 11.9. The van der Waals surface area contributed by atoms with E-state index < -0.39 is 6.09 Å². The molecule has 0 saturated heterocycles. The molecule has 4 nitrogen and oxygen atoms in total. The van der Waals surface area contributed by atoms with Crippen LogP contribution in [0.4, 0.5) is 4.79 Å². The molecule has 0 aromatic rings. The van der Waals surface area contributed by atoms with Gasteiger partial charge in [-0.15, -0.1) is 0 Å². The molecule has 0 aliphatic carbocycles. The number of unbranched alkanes of at least 4 members (excludes halogenated alkanes) is 21. The summed E-state index contributed by atoms with van der Waals surface area (Å²) in [6.45, 7) is 7.46. The zero-order valence-corrected chi connectivity index (χ0v) is 25.9. The molecule has 1 heterocycles. The van der Waals surface area contributed by atoms with E-state index >= 15 is 0 Å². The van der Waals surface area contributed by atoms with Crippen LogP contribution in [0, 0.1) is 0 Å². The summed E-state index contributed by atoms with van der Waals surface area (Å²) >= 11 is 0. The first kappa shape index (κ1) is 34.9. The third-order valence-electron chi connectivity index (χ3n) is 8.35. The van der Waals surface area contributed by atoms with Crippen LogP contribution in [-0.2, 0) is 0 Å². The van der Waals surface area contributed by atoms with E-state index in [0.29, 0.717) is 6.54 Å². The van der Waals surface area contributed by atoms with Gasteiger partial charge in [-0.2, -0.15) is 14.3 Å². The first-order chi connectivity index (χ1) is 18.6. The second kappa shape index (κ2) is 23.7. The van der Waals surface area contributed by atoms with E-state index in [1.54, 1.807) is 0 Å². The quantitative estimate of drug-likeness (QED) is 0.0843. The standard InChI is InChI=1S/C34H64N2O2/c1-4-7-10-13-16-19-22-25-28-32-31-36(34(37)38,30-27-24-21-18-15-12-9-6-3)33(35-32)29-26-23-20-17-14-11-8-5-2/h31H,4-30H2,1-3H3/p+1. The lowest BCUT2D eigenvalue weighted by atomic mass is 10.1. The summed E-state index contributed by atoms with van der Waals surface area (Å²) in [7, 11) is 0. The normalized spacial score (nSPS) is 17.1. The summed E-state index contributed by atoms with van der Waals surface area (Å²) in [5, 5.41) is 10.4. The molecule has 1 atom stereocenters. The van der Waals surface area contributed by atoms with Crippen molar-refractivity contribution >= 4 is 11.9 Å². The number of carboxylic acid groups (broad SMARTS) is 1. The molecule has 0 aromatic heterocycles. The molecule has 38 heavy (non-hydrogen) atoms. The van der Waals surface area contributed by atoms with Crippen LogP contribution in [0.25, 0.3) is 0 Å². The maximum atomic E-state index is 12.7. The highest BCUT2D eigenvalue weighted by Crippen LogP contribution is 2.30. The van der Waals surface area contributed by atoms with Crippen molar-refractivity contribution < 1.29 is 14.4 Å². The first-order valence-electron chi connectivity index (χ1n) is 17.0. The van der Waals surface area contributed by atoms with Gasteiger partial charge in [0.15, 0.2) is 0 Å². The van der Waals surface area contributed by atoms with Crippen molar-refractivity contribution in [1.29, 1.82) is 0 Å². The Balaban J connectivity index is 2.59. The molecule has 0 bridgehead atoms. The second-order valence-electron chi connectivity index (χ2n) is 11.9. The predicted molar refractivity (Wildman–Crippen MR) is 166 cm³/mol. The number of allylic oxidation sites excluding steroid dienone is 1. The summed E-state index contributed by atoms with van der Waals surface area (Å²) in [5.41, 5.74) is 1.03. The zero-order valence-electron chi connectivity index (χ0n) is 25.9. The number of amides is 1. The van der Waals surface area contributed by atoms with E-state index in [9.17, 15) is 9.90 Å². The van der Waals surface area contributed by atoms with Crippen molar-refractivity contribution in [2.24, 2.45) is 4.99 Å². The van der Waals surface area contributed by atoms with Crippen LogP contribution in [0.5, 0.6) is 0 Å². The molecule has 0 radical (unpaired) electrons. The van der Waals surface area contributed by atoms with Crippen LogP contribution in [0.3, 0.4) is 0 Å². The van der Waals surface area contributed by atoms with Crippen molar-refractivity contribution in [1.82, 2.24) is 0 Å². The van der Waals surface area contributed by atoms with E-state index in [1.165, 1.54) is 128 Å². The number of nitrogens with zero attached hydrogens (tertiary/aromatic N) is 2. The third kappa shape index (κ3) is 15.4. The zero-order chi connectivity index (χ0) is 27.7. The Bertz CT molecular complexity index is 642. The van der Waals surface area contributed by atoms with E-state index in [4.69, 9.17) is 4.99 Å². The molecule has 222 valence electrons. The van der Waals surface area contributed by atoms with Crippen molar-refractivity contribution in [3.8, 4) is 0 Å². The SMILES string of the molecule is CCCCCCCCCCC1=C[N+](CCCCCCCCCC)(C(=O)O)C(CCCCCCCCCC)=N1. The lowest BCUT2D eigenvalue weighted by Gasteiger charge is -2.26. The van der Waals surface area contributed by atoms with Gasteiger partial charge in [0.25, 0.3) is 0 Å². The highest BCUT2D eigenvalue weighted by molar-refractivity contribution is 5.87. The fourth-order valence-electron chi connectivity index (χ4n) is 5.80.